The van der Waals surface area contributed by atoms with E-state index < -0.39 is 12.5 Å². The van der Waals surface area contributed by atoms with E-state index in [0.29, 0.717) is 18.5 Å². The van der Waals surface area contributed by atoms with E-state index in [1.54, 1.807) is 31.3 Å². The Morgan fingerprint density at radius 3 is 2.56 bits per heavy atom. The molecule has 1 saturated heterocycles. The van der Waals surface area contributed by atoms with Crippen molar-refractivity contribution in [3.63, 3.8) is 0 Å². The van der Waals surface area contributed by atoms with E-state index in [9.17, 15) is 13.6 Å². The quantitative estimate of drug-likeness (QED) is 0.879. The number of carbonyl (C=O) groups excluding carboxylic acids is 1. The number of likely N-dealkylation sites (tertiary alicyclic amines) is 1. The van der Waals surface area contributed by atoms with E-state index in [1.807, 2.05) is 0 Å². The van der Waals surface area contributed by atoms with Gasteiger partial charge in [-0.15, -0.1) is 0 Å². The van der Waals surface area contributed by atoms with Crippen LogP contribution in [-0.4, -0.2) is 36.9 Å². The maximum Gasteiger partial charge on any atom is 0.265 e. The zero-order valence-electron chi connectivity index (χ0n) is 10.2. The van der Waals surface area contributed by atoms with Crippen LogP contribution in [0.15, 0.2) is 24.3 Å². The zero-order valence-corrected chi connectivity index (χ0v) is 10.2. The fourth-order valence-corrected chi connectivity index (χ4v) is 2.10. The average Bonchev–Trinajstić information content (AvgIpc) is 2.37. The van der Waals surface area contributed by atoms with Crippen molar-refractivity contribution in [2.45, 2.75) is 18.8 Å². The van der Waals surface area contributed by atoms with Crippen molar-refractivity contribution >= 4 is 11.6 Å². The first kappa shape index (κ1) is 12.8. The summed E-state index contributed by atoms with van der Waals surface area (Å²) in [5.41, 5.74) is 1.34. The number of benzene rings is 1. The molecule has 0 radical (unpaired) electrons. The Hall–Kier alpha value is -1.65. The number of nitrogens with one attached hydrogen (secondary N) is 1. The summed E-state index contributed by atoms with van der Waals surface area (Å²) in [7, 11) is 1.78. The first-order chi connectivity index (χ1) is 8.52. The summed E-state index contributed by atoms with van der Waals surface area (Å²) >= 11 is 0. The summed E-state index contributed by atoms with van der Waals surface area (Å²) in [6.45, 7) is -0.0676. The molecule has 1 heterocycles. The minimum atomic E-state index is -2.75. The lowest BCUT2D eigenvalue weighted by Gasteiger charge is -2.32. The number of alkyl halides is 2. The SMILES string of the molecule is CNc1ccc(C(=O)N2CCCC(F)(F)C2)cc1. The van der Waals surface area contributed by atoms with Crippen molar-refractivity contribution in [2.24, 2.45) is 0 Å². The molecule has 5 heteroatoms. The van der Waals surface area contributed by atoms with Crippen molar-refractivity contribution in [3.05, 3.63) is 29.8 Å². The molecule has 1 aromatic carbocycles. The summed E-state index contributed by atoms with van der Waals surface area (Å²) in [5, 5.41) is 2.94. The standard InChI is InChI=1S/C13H16F2N2O/c1-16-11-5-3-10(4-6-11)12(18)17-8-2-7-13(14,15)9-17/h3-6,16H,2,7-9H2,1H3. The third kappa shape index (κ3) is 2.78. The molecule has 0 aliphatic carbocycles. The van der Waals surface area contributed by atoms with Gasteiger partial charge in [-0.1, -0.05) is 0 Å². The van der Waals surface area contributed by atoms with Gasteiger partial charge in [0.05, 0.1) is 6.54 Å². The Morgan fingerprint density at radius 1 is 1.33 bits per heavy atom. The van der Waals surface area contributed by atoms with Crippen molar-refractivity contribution < 1.29 is 13.6 Å². The van der Waals surface area contributed by atoms with Crippen LogP contribution in [0.4, 0.5) is 14.5 Å². The Labute approximate surface area is 105 Å². The van der Waals surface area contributed by atoms with Gasteiger partial charge in [0.15, 0.2) is 0 Å². The molecule has 1 aromatic rings. The van der Waals surface area contributed by atoms with Crippen molar-refractivity contribution in [2.75, 3.05) is 25.5 Å². The fraction of sp³-hybridized carbons (Fsp3) is 0.462. The van der Waals surface area contributed by atoms with Crippen LogP contribution >= 0.6 is 0 Å². The molecule has 18 heavy (non-hydrogen) atoms. The first-order valence-electron chi connectivity index (χ1n) is 5.97. The van der Waals surface area contributed by atoms with E-state index >= 15 is 0 Å². The lowest BCUT2D eigenvalue weighted by molar-refractivity contribution is -0.0560. The second kappa shape index (κ2) is 4.92. The topological polar surface area (TPSA) is 32.3 Å². The predicted octanol–water partition coefficient (Wildman–Crippen LogP) is 2.60. The normalized spacial score (nSPS) is 18.5. The number of rotatable bonds is 2. The van der Waals surface area contributed by atoms with Gasteiger partial charge in [0, 0.05) is 31.3 Å². The Bertz CT molecular complexity index is 431. The highest BCUT2D eigenvalue weighted by atomic mass is 19.3. The molecular weight excluding hydrogens is 238 g/mol. The van der Waals surface area contributed by atoms with Crippen LogP contribution in [-0.2, 0) is 0 Å². The van der Waals surface area contributed by atoms with Gasteiger partial charge in [0.1, 0.15) is 0 Å². The fourth-order valence-electron chi connectivity index (χ4n) is 2.10. The predicted molar refractivity (Wildman–Crippen MR) is 66.1 cm³/mol. The van der Waals surface area contributed by atoms with Gasteiger partial charge in [-0.05, 0) is 30.7 Å². The molecular formula is C13H16F2N2O. The van der Waals surface area contributed by atoms with Crippen LogP contribution in [0, 0.1) is 0 Å². The van der Waals surface area contributed by atoms with E-state index in [0.717, 1.165) is 5.69 Å². The Balaban J connectivity index is 2.10. The highest BCUT2D eigenvalue weighted by Crippen LogP contribution is 2.27. The molecule has 0 spiro atoms. The van der Waals surface area contributed by atoms with Gasteiger partial charge >= 0.3 is 0 Å². The monoisotopic (exact) mass is 254 g/mol. The molecule has 0 atom stereocenters. The molecule has 1 fully saturated rings. The average molecular weight is 254 g/mol. The summed E-state index contributed by atoms with van der Waals surface area (Å²) in [5.74, 6) is -3.07. The van der Waals surface area contributed by atoms with E-state index in [4.69, 9.17) is 0 Å². The van der Waals surface area contributed by atoms with Gasteiger partial charge < -0.3 is 10.2 Å². The van der Waals surface area contributed by atoms with Crippen molar-refractivity contribution in [1.29, 1.82) is 0 Å². The second-order valence-electron chi connectivity index (χ2n) is 4.51. The van der Waals surface area contributed by atoms with Crippen LogP contribution < -0.4 is 5.32 Å². The number of amides is 1. The van der Waals surface area contributed by atoms with Gasteiger partial charge in [0.2, 0.25) is 0 Å². The minimum absolute atomic E-state index is 0.129. The Morgan fingerprint density at radius 2 is 2.00 bits per heavy atom. The van der Waals surface area contributed by atoms with Gasteiger partial charge in [-0.3, -0.25) is 4.79 Å². The molecule has 0 unspecified atom stereocenters. The van der Waals surface area contributed by atoms with Gasteiger partial charge in [-0.25, -0.2) is 8.78 Å². The third-order valence-corrected chi connectivity index (χ3v) is 3.10. The molecule has 1 aliphatic heterocycles. The molecule has 1 amide bonds. The molecule has 0 aromatic heterocycles. The number of hydrogen-bond acceptors (Lipinski definition) is 2. The minimum Gasteiger partial charge on any atom is -0.388 e. The van der Waals surface area contributed by atoms with Gasteiger partial charge in [0.25, 0.3) is 11.8 Å². The molecule has 1 aliphatic rings. The smallest absolute Gasteiger partial charge is 0.265 e. The number of nitrogens with zero attached hydrogens (tertiary/aromatic N) is 1. The van der Waals surface area contributed by atoms with Gasteiger partial charge in [-0.2, -0.15) is 0 Å². The third-order valence-electron chi connectivity index (χ3n) is 3.10. The number of carbonyl (C=O) groups is 1. The molecule has 1 N–H and O–H groups in total. The second-order valence-corrected chi connectivity index (χ2v) is 4.51. The van der Waals surface area contributed by atoms with Crippen molar-refractivity contribution in [3.8, 4) is 0 Å². The lowest BCUT2D eigenvalue weighted by atomic mass is 10.1. The molecule has 3 nitrogen and oxygen atoms in total. The summed E-state index contributed by atoms with van der Waals surface area (Å²) in [4.78, 5) is 13.3. The Kier molecular flexibility index (Phi) is 3.50. The first-order valence-corrected chi connectivity index (χ1v) is 5.97. The van der Waals surface area contributed by atoms with Crippen LogP contribution in [0.3, 0.4) is 0 Å². The maximum atomic E-state index is 13.2. The molecule has 2 rings (SSSR count). The van der Waals surface area contributed by atoms with Crippen molar-refractivity contribution in [1.82, 2.24) is 4.90 Å². The highest BCUT2D eigenvalue weighted by molar-refractivity contribution is 5.94. The largest absolute Gasteiger partial charge is 0.388 e. The molecule has 98 valence electrons. The summed E-state index contributed by atoms with van der Waals surface area (Å²) in [6, 6.07) is 6.83. The van der Waals surface area contributed by atoms with Crippen LogP contribution in [0.5, 0.6) is 0 Å². The van der Waals surface area contributed by atoms with E-state index in [2.05, 4.69) is 5.32 Å². The zero-order chi connectivity index (χ0) is 13.2. The molecule has 0 bridgehead atoms. The number of hydrogen-bond donors (Lipinski definition) is 1. The molecule has 0 saturated carbocycles. The van der Waals surface area contributed by atoms with Crippen LogP contribution in [0.25, 0.3) is 0 Å². The lowest BCUT2D eigenvalue weighted by Crippen LogP contribution is -2.45. The number of halogens is 2. The van der Waals surface area contributed by atoms with E-state index in [1.165, 1.54) is 4.90 Å². The van der Waals surface area contributed by atoms with Crippen LogP contribution in [0.1, 0.15) is 23.2 Å². The highest BCUT2D eigenvalue weighted by Gasteiger charge is 2.37. The maximum absolute atomic E-state index is 13.2. The summed E-state index contributed by atoms with van der Waals surface area (Å²) < 4.78 is 26.5. The van der Waals surface area contributed by atoms with E-state index in [-0.39, 0.29) is 12.3 Å². The number of anilines is 1. The number of piperidine rings is 1. The van der Waals surface area contributed by atoms with Crippen LogP contribution in [0.2, 0.25) is 0 Å². The summed E-state index contributed by atoms with van der Waals surface area (Å²) in [6.07, 6.45) is 0.225.